The zero-order valence-electron chi connectivity index (χ0n) is 10.7. The van der Waals surface area contributed by atoms with Crippen LogP contribution in [0.2, 0.25) is 0 Å². The lowest BCUT2D eigenvalue weighted by Gasteiger charge is -2.05. The molecule has 0 amide bonds. The van der Waals surface area contributed by atoms with Crippen LogP contribution in [0.25, 0.3) is 11.1 Å². The molecule has 0 saturated carbocycles. The molecule has 0 aliphatic rings. The lowest BCUT2D eigenvalue weighted by Crippen LogP contribution is -2.02. The fourth-order valence-corrected chi connectivity index (χ4v) is 2.77. The Labute approximate surface area is 120 Å². The van der Waals surface area contributed by atoms with Gasteiger partial charge in [-0.1, -0.05) is 42.1 Å². The van der Waals surface area contributed by atoms with Crippen molar-refractivity contribution in [2.24, 2.45) is 5.73 Å². The molecule has 0 fully saturated rings. The van der Waals surface area contributed by atoms with E-state index in [2.05, 4.69) is 4.98 Å². The molecule has 0 bridgehead atoms. The van der Waals surface area contributed by atoms with Crippen molar-refractivity contribution >= 4 is 22.9 Å². The molecule has 0 unspecified atom stereocenters. The summed E-state index contributed by atoms with van der Waals surface area (Å²) in [6.07, 6.45) is 0. The molecular formula is C15H13FN2OS. The third-order valence-corrected chi connectivity index (χ3v) is 3.88. The molecule has 5 heteroatoms. The average Bonchev–Trinajstić information content (AvgIpc) is 2.89. The molecule has 20 heavy (non-hydrogen) atoms. The normalized spacial score (nSPS) is 11.1. The number of fused-ring (bicyclic) bond motifs is 1. The number of oxazole rings is 1. The van der Waals surface area contributed by atoms with E-state index in [0.717, 1.165) is 11.1 Å². The fraction of sp³-hybridized carbons (Fsp3) is 0.133. The Bertz CT molecular complexity index is 709. The van der Waals surface area contributed by atoms with Crippen LogP contribution in [0.3, 0.4) is 0 Å². The van der Waals surface area contributed by atoms with Gasteiger partial charge in [0.15, 0.2) is 5.58 Å². The Morgan fingerprint density at radius 1 is 1.10 bits per heavy atom. The van der Waals surface area contributed by atoms with Gasteiger partial charge in [0, 0.05) is 17.9 Å². The van der Waals surface area contributed by atoms with E-state index in [4.69, 9.17) is 10.2 Å². The van der Waals surface area contributed by atoms with Crippen molar-refractivity contribution in [3.8, 4) is 0 Å². The number of halogens is 1. The number of benzene rings is 2. The number of para-hydroxylation sites is 2. The molecule has 2 aromatic carbocycles. The van der Waals surface area contributed by atoms with Gasteiger partial charge in [-0.3, -0.25) is 0 Å². The highest BCUT2D eigenvalue weighted by Gasteiger charge is 2.10. The molecular weight excluding hydrogens is 275 g/mol. The first-order chi connectivity index (χ1) is 9.78. The third kappa shape index (κ3) is 2.55. The summed E-state index contributed by atoms with van der Waals surface area (Å²) in [5.74, 6) is 0.227. The minimum absolute atomic E-state index is 0.202. The van der Waals surface area contributed by atoms with E-state index in [9.17, 15) is 4.39 Å². The molecule has 102 valence electrons. The SMILES string of the molecule is NCc1cccc(CSc2nc3ccccc3o2)c1F. The first kappa shape index (κ1) is 13.1. The Balaban J connectivity index is 1.79. The van der Waals surface area contributed by atoms with Crippen LogP contribution >= 0.6 is 11.8 Å². The molecule has 3 rings (SSSR count). The lowest BCUT2D eigenvalue weighted by atomic mass is 10.1. The predicted molar refractivity (Wildman–Crippen MR) is 77.9 cm³/mol. The van der Waals surface area contributed by atoms with Crippen molar-refractivity contribution in [3.05, 3.63) is 59.4 Å². The molecule has 0 aliphatic carbocycles. The van der Waals surface area contributed by atoms with E-state index in [1.807, 2.05) is 30.3 Å². The molecule has 2 N–H and O–H groups in total. The second-order valence-electron chi connectivity index (χ2n) is 4.33. The Morgan fingerprint density at radius 2 is 1.90 bits per heavy atom. The Hall–Kier alpha value is -1.85. The van der Waals surface area contributed by atoms with Gasteiger partial charge in [-0.15, -0.1) is 0 Å². The van der Waals surface area contributed by atoms with Crippen LogP contribution in [0.5, 0.6) is 0 Å². The molecule has 0 aliphatic heterocycles. The molecule has 3 nitrogen and oxygen atoms in total. The second-order valence-corrected chi connectivity index (χ2v) is 5.26. The lowest BCUT2D eigenvalue weighted by molar-refractivity contribution is 0.489. The topological polar surface area (TPSA) is 52.0 Å². The van der Waals surface area contributed by atoms with E-state index < -0.39 is 0 Å². The van der Waals surface area contributed by atoms with Crippen molar-refractivity contribution in [3.63, 3.8) is 0 Å². The minimum Gasteiger partial charge on any atom is -0.431 e. The van der Waals surface area contributed by atoms with Crippen molar-refractivity contribution in [1.29, 1.82) is 0 Å². The van der Waals surface area contributed by atoms with E-state index in [1.165, 1.54) is 11.8 Å². The number of nitrogens with zero attached hydrogens (tertiary/aromatic N) is 1. The van der Waals surface area contributed by atoms with Gasteiger partial charge in [0.1, 0.15) is 11.3 Å². The average molecular weight is 288 g/mol. The molecule has 1 heterocycles. The monoisotopic (exact) mass is 288 g/mol. The quantitative estimate of drug-likeness (QED) is 0.743. The molecule has 0 radical (unpaired) electrons. The van der Waals surface area contributed by atoms with Crippen molar-refractivity contribution in [2.45, 2.75) is 17.5 Å². The van der Waals surface area contributed by atoms with Crippen LogP contribution in [0.1, 0.15) is 11.1 Å². The number of thioether (sulfide) groups is 1. The fourth-order valence-electron chi connectivity index (χ4n) is 1.95. The van der Waals surface area contributed by atoms with Crippen LogP contribution in [0, 0.1) is 5.82 Å². The number of rotatable bonds is 4. The maximum atomic E-state index is 14.0. The Kier molecular flexibility index (Phi) is 3.71. The molecule has 0 atom stereocenters. The number of nitrogens with two attached hydrogens (primary N) is 1. The van der Waals surface area contributed by atoms with E-state index >= 15 is 0 Å². The maximum absolute atomic E-state index is 14.0. The number of hydrogen-bond acceptors (Lipinski definition) is 4. The summed E-state index contributed by atoms with van der Waals surface area (Å²) >= 11 is 1.37. The third-order valence-electron chi connectivity index (χ3n) is 3.00. The van der Waals surface area contributed by atoms with Crippen LogP contribution in [0.4, 0.5) is 4.39 Å². The van der Waals surface area contributed by atoms with Crippen LogP contribution in [-0.4, -0.2) is 4.98 Å². The van der Waals surface area contributed by atoms with E-state index in [1.54, 1.807) is 12.1 Å². The second kappa shape index (κ2) is 5.64. The zero-order chi connectivity index (χ0) is 13.9. The van der Waals surface area contributed by atoms with Gasteiger partial charge >= 0.3 is 0 Å². The molecule has 0 saturated heterocycles. The van der Waals surface area contributed by atoms with Gasteiger partial charge in [0.2, 0.25) is 0 Å². The van der Waals surface area contributed by atoms with E-state index in [0.29, 0.717) is 22.1 Å². The molecule has 1 aromatic heterocycles. The zero-order valence-corrected chi connectivity index (χ0v) is 11.5. The highest BCUT2D eigenvalue weighted by atomic mass is 32.2. The van der Waals surface area contributed by atoms with Crippen molar-refractivity contribution in [1.82, 2.24) is 4.98 Å². The number of aromatic nitrogens is 1. The maximum Gasteiger partial charge on any atom is 0.257 e. The minimum atomic E-state index is -0.237. The Morgan fingerprint density at radius 3 is 2.70 bits per heavy atom. The summed E-state index contributed by atoms with van der Waals surface area (Å²) in [4.78, 5) is 4.35. The molecule has 0 spiro atoms. The molecule has 3 aromatic rings. The van der Waals surface area contributed by atoms with Gasteiger partial charge in [-0.25, -0.2) is 9.37 Å². The summed E-state index contributed by atoms with van der Waals surface area (Å²) in [6.45, 7) is 0.202. The smallest absolute Gasteiger partial charge is 0.257 e. The first-order valence-corrected chi connectivity index (χ1v) is 7.21. The van der Waals surface area contributed by atoms with Gasteiger partial charge < -0.3 is 10.2 Å². The van der Waals surface area contributed by atoms with Gasteiger partial charge in [-0.2, -0.15) is 0 Å². The summed E-state index contributed by atoms with van der Waals surface area (Å²) in [7, 11) is 0. The van der Waals surface area contributed by atoms with Crippen molar-refractivity contribution < 1.29 is 8.81 Å². The largest absolute Gasteiger partial charge is 0.431 e. The van der Waals surface area contributed by atoms with Crippen molar-refractivity contribution in [2.75, 3.05) is 0 Å². The van der Waals surface area contributed by atoms with Gasteiger partial charge in [0.25, 0.3) is 5.22 Å². The van der Waals surface area contributed by atoms with Crippen LogP contribution < -0.4 is 5.73 Å². The first-order valence-electron chi connectivity index (χ1n) is 6.22. The van der Waals surface area contributed by atoms with E-state index in [-0.39, 0.29) is 12.4 Å². The predicted octanol–water partition coefficient (Wildman–Crippen LogP) is 3.72. The van der Waals surface area contributed by atoms with Gasteiger partial charge in [0.05, 0.1) is 0 Å². The van der Waals surface area contributed by atoms with Gasteiger partial charge in [-0.05, 0) is 17.7 Å². The highest BCUT2D eigenvalue weighted by molar-refractivity contribution is 7.98. The number of hydrogen-bond donors (Lipinski definition) is 1. The van der Waals surface area contributed by atoms with Crippen LogP contribution in [0.15, 0.2) is 52.1 Å². The highest BCUT2D eigenvalue weighted by Crippen LogP contribution is 2.27. The summed E-state index contributed by atoms with van der Waals surface area (Å²) in [6, 6.07) is 12.8. The summed E-state index contributed by atoms with van der Waals surface area (Å²) in [5, 5.41) is 0.545. The summed E-state index contributed by atoms with van der Waals surface area (Å²) in [5.41, 5.74) is 8.19. The summed E-state index contributed by atoms with van der Waals surface area (Å²) < 4.78 is 19.6. The van der Waals surface area contributed by atoms with Crippen LogP contribution in [-0.2, 0) is 12.3 Å². The standard InChI is InChI=1S/C15H13FN2OS/c16-14-10(8-17)4-3-5-11(14)9-20-15-18-12-6-1-2-7-13(12)19-15/h1-7H,8-9,17H2.